The maximum atomic E-state index is 12.3. The fraction of sp³-hybridized carbons (Fsp3) is 0.227. The summed E-state index contributed by atoms with van der Waals surface area (Å²) in [5, 5.41) is 8.35. The quantitative estimate of drug-likeness (QED) is 0.625. The van der Waals surface area contributed by atoms with Gasteiger partial charge in [0.25, 0.3) is 0 Å². The van der Waals surface area contributed by atoms with Crippen LogP contribution in [0.4, 0.5) is 5.69 Å². The molecule has 0 fully saturated rings. The Hall–Kier alpha value is -2.74. The Labute approximate surface area is 171 Å². The van der Waals surface area contributed by atoms with Gasteiger partial charge in [-0.05, 0) is 47.5 Å². The molecule has 152 valence electrons. The zero-order valence-corrected chi connectivity index (χ0v) is 17.5. The fourth-order valence-electron chi connectivity index (χ4n) is 3.11. The number of carbonyl (C=O) groups excluding carboxylic acids is 1. The van der Waals surface area contributed by atoms with Crippen LogP contribution in [0.25, 0.3) is 10.8 Å². The fourth-order valence-corrected chi connectivity index (χ4v) is 4.01. The summed E-state index contributed by atoms with van der Waals surface area (Å²) in [5.74, 6) is -0.194. The van der Waals surface area contributed by atoms with Gasteiger partial charge in [0.2, 0.25) is 15.9 Å². The van der Waals surface area contributed by atoms with Gasteiger partial charge in [0.05, 0.1) is 11.4 Å². The van der Waals surface area contributed by atoms with Crippen LogP contribution in [0.3, 0.4) is 0 Å². The molecule has 1 atom stereocenters. The highest BCUT2D eigenvalue weighted by Crippen LogP contribution is 2.24. The average molecular weight is 412 g/mol. The predicted molar refractivity (Wildman–Crippen MR) is 116 cm³/mol. The van der Waals surface area contributed by atoms with E-state index in [0.717, 1.165) is 20.6 Å². The molecule has 3 aromatic rings. The molecule has 0 aromatic heterocycles. The zero-order valence-electron chi connectivity index (χ0n) is 16.7. The molecule has 2 N–H and O–H groups in total. The Bertz CT molecular complexity index is 1100. The number of amides is 1. The van der Waals surface area contributed by atoms with E-state index in [9.17, 15) is 13.2 Å². The van der Waals surface area contributed by atoms with Crippen molar-refractivity contribution in [3.63, 3.8) is 0 Å². The summed E-state index contributed by atoms with van der Waals surface area (Å²) in [6.07, 6.45) is 0. The molecule has 6 nitrogen and oxygen atoms in total. The molecule has 0 aliphatic rings. The van der Waals surface area contributed by atoms with Crippen LogP contribution >= 0.6 is 0 Å². The lowest BCUT2D eigenvalue weighted by Crippen LogP contribution is -2.30. The first kappa shape index (κ1) is 21.0. The minimum absolute atomic E-state index is 0.000500. The van der Waals surface area contributed by atoms with Crippen molar-refractivity contribution in [2.24, 2.45) is 0 Å². The van der Waals surface area contributed by atoms with E-state index in [0.29, 0.717) is 5.69 Å². The Morgan fingerprint density at radius 3 is 2.31 bits per heavy atom. The molecule has 3 aromatic carbocycles. The summed E-state index contributed by atoms with van der Waals surface area (Å²) in [4.78, 5) is 12.5. The molecule has 0 heterocycles. The average Bonchev–Trinajstić information content (AvgIpc) is 2.72. The largest absolute Gasteiger partial charge is 0.325 e. The molecular formula is C22H25N3O3S. The first-order valence-electron chi connectivity index (χ1n) is 9.32. The van der Waals surface area contributed by atoms with Gasteiger partial charge in [-0.25, -0.2) is 12.7 Å². The number of anilines is 1. The monoisotopic (exact) mass is 411 g/mol. The van der Waals surface area contributed by atoms with Crippen molar-refractivity contribution in [3.8, 4) is 0 Å². The maximum Gasteiger partial charge on any atom is 0.242 e. The standard InChI is InChI=1S/C22H25N3O3S/c1-16(20-10-6-8-17-7-4-5-9-21(17)20)23-15-22(26)24-18-11-13-19(14-12-18)29(27,28)25(2)3/h4-14,16,23H,15H2,1-3H3,(H,24,26)/t16-/m0/s1. The number of rotatable bonds is 7. The van der Waals surface area contributed by atoms with Crippen LogP contribution in [0.5, 0.6) is 0 Å². The van der Waals surface area contributed by atoms with Crippen LogP contribution in [-0.4, -0.2) is 39.3 Å². The van der Waals surface area contributed by atoms with Gasteiger partial charge in [-0.1, -0.05) is 42.5 Å². The summed E-state index contributed by atoms with van der Waals surface area (Å²) < 4.78 is 25.4. The van der Waals surface area contributed by atoms with E-state index in [1.54, 1.807) is 12.1 Å². The molecule has 0 saturated carbocycles. The van der Waals surface area contributed by atoms with Crippen molar-refractivity contribution in [1.82, 2.24) is 9.62 Å². The van der Waals surface area contributed by atoms with Gasteiger partial charge in [0, 0.05) is 25.8 Å². The third-order valence-corrected chi connectivity index (χ3v) is 6.60. The van der Waals surface area contributed by atoms with Crippen LogP contribution in [-0.2, 0) is 14.8 Å². The van der Waals surface area contributed by atoms with Crippen LogP contribution in [0.1, 0.15) is 18.5 Å². The van der Waals surface area contributed by atoms with Crippen molar-refractivity contribution in [1.29, 1.82) is 0 Å². The molecule has 0 unspecified atom stereocenters. The first-order valence-corrected chi connectivity index (χ1v) is 10.8. The highest BCUT2D eigenvalue weighted by molar-refractivity contribution is 7.89. The van der Waals surface area contributed by atoms with E-state index in [1.165, 1.54) is 26.2 Å². The second-order valence-electron chi connectivity index (χ2n) is 7.03. The molecule has 0 aliphatic carbocycles. The molecule has 0 radical (unpaired) electrons. The molecule has 0 bridgehead atoms. The number of nitrogens with one attached hydrogen (secondary N) is 2. The molecule has 7 heteroatoms. The maximum absolute atomic E-state index is 12.3. The second kappa shape index (κ2) is 8.73. The predicted octanol–water partition coefficient (Wildman–Crippen LogP) is 3.38. The minimum atomic E-state index is -3.48. The van der Waals surface area contributed by atoms with Gasteiger partial charge >= 0.3 is 0 Å². The van der Waals surface area contributed by atoms with Crippen molar-refractivity contribution >= 4 is 32.4 Å². The molecule has 0 spiro atoms. The van der Waals surface area contributed by atoms with Crippen LogP contribution in [0.2, 0.25) is 0 Å². The zero-order chi connectivity index (χ0) is 21.0. The van der Waals surface area contributed by atoms with Crippen LogP contribution < -0.4 is 10.6 Å². The summed E-state index contributed by atoms with van der Waals surface area (Å²) in [6.45, 7) is 2.16. The summed E-state index contributed by atoms with van der Waals surface area (Å²) in [6, 6.07) is 20.4. The third kappa shape index (κ3) is 4.82. The van der Waals surface area contributed by atoms with Gasteiger partial charge in [-0.2, -0.15) is 0 Å². The number of nitrogens with zero attached hydrogens (tertiary/aromatic N) is 1. The summed E-state index contributed by atoms with van der Waals surface area (Å²) in [5.41, 5.74) is 1.68. The third-order valence-electron chi connectivity index (χ3n) is 4.78. The normalized spacial score (nSPS) is 12.8. The number of hydrogen-bond acceptors (Lipinski definition) is 4. The van der Waals surface area contributed by atoms with Crippen molar-refractivity contribution in [3.05, 3.63) is 72.3 Å². The lowest BCUT2D eigenvalue weighted by Gasteiger charge is -2.16. The van der Waals surface area contributed by atoms with Gasteiger partial charge in [0.15, 0.2) is 0 Å². The van der Waals surface area contributed by atoms with Crippen molar-refractivity contribution < 1.29 is 13.2 Å². The summed E-state index contributed by atoms with van der Waals surface area (Å²) >= 11 is 0. The van der Waals surface area contributed by atoms with E-state index < -0.39 is 10.0 Å². The van der Waals surface area contributed by atoms with Crippen molar-refractivity contribution in [2.45, 2.75) is 17.9 Å². The SMILES string of the molecule is C[C@H](NCC(=O)Nc1ccc(S(=O)(=O)N(C)C)cc1)c1cccc2ccccc12. The van der Waals surface area contributed by atoms with E-state index in [-0.39, 0.29) is 23.4 Å². The molecule has 1 amide bonds. The first-order chi connectivity index (χ1) is 13.8. The smallest absolute Gasteiger partial charge is 0.242 e. The Kier molecular flexibility index (Phi) is 6.32. The summed E-state index contributed by atoms with van der Waals surface area (Å²) in [7, 11) is -0.524. The molecular weight excluding hydrogens is 386 g/mol. The highest BCUT2D eigenvalue weighted by atomic mass is 32.2. The Morgan fingerprint density at radius 2 is 1.62 bits per heavy atom. The number of fused-ring (bicyclic) bond motifs is 1. The lowest BCUT2D eigenvalue weighted by molar-refractivity contribution is -0.115. The van der Waals surface area contributed by atoms with Crippen LogP contribution in [0, 0.1) is 0 Å². The van der Waals surface area contributed by atoms with Gasteiger partial charge < -0.3 is 10.6 Å². The van der Waals surface area contributed by atoms with Crippen LogP contribution in [0.15, 0.2) is 71.6 Å². The molecule has 0 saturated heterocycles. The van der Waals surface area contributed by atoms with E-state index >= 15 is 0 Å². The van der Waals surface area contributed by atoms with Gasteiger partial charge in [-0.3, -0.25) is 4.79 Å². The Balaban J connectivity index is 1.61. The molecule has 0 aliphatic heterocycles. The molecule has 3 rings (SSSR count). The minimum Gasteiger partial charge on any atom is -0.325 e. The number of hydrogen-bond donors (Lipinski definition) is 2. The van der Waals surface area contributed by atoms with E-state index in [2.05, 4.69) is 34.9 Å². The number of sulfonamides is 1. The molecule has 29 heavy (non-hydrogen) atoms. The van der Waals surface area contributed by atoms with E-state index in [1.807, 2.05) is 25.1 Å². The highest BCUT2D eigenvalue weighted by Gasteiger charge is 2.17. The topological polar surface area (TPSA) is 78.5 Å². The lowest BCUT2D eigenvalue weighted by atomic mass is 10.00. The second-order valence-corrected chi connectivity index (χ2v) is 9.18. The number of carbonyl (C=O) groups is 1. The number of benzene rings is 3. The van der Waals surface area contributed by atoms with E-state index in [4.69, 9.17) is 0 Å². The van der Waals surface area contributed by atoms with Gasteiger partial charge in [-0.15, -0.1) is 0 Å². The van der Waals surface area contributed by atoms with Gasteiger partial charge in [0.1, 0.15) is 0 Å². The Morgan fingerprint density at radius 1 is 0.966 bits per heavy atom. The van der Waals surface area contributed by atoms with Crippen molar-refractivity contribution in [2.75, 3.05) is 26.0 Å².